The molecule has 0 saturated heterocycles. The Morgan fingerprint density at radius 3 is 2.33 bits per heavy atom. The van der Waals surface area contributed by atoms with Crippen molar-refractivity contribution in [1.82, 2.24) is 0 Å². The highest BCUT2D eigenvalue weighted by Gasteiger charge is 2.36. The Morgan fingerprint density at radius 2 is 1.92 bits per heavy atom. The van der Waals surface area contributed by atoms with Gasteiger partial charge in [-0.25, -0.2) is 8.78 Å². The predicted molar refractivity (Wildman–Crippen MR) is 41.7 cm³/mol. The van der Waals surface area contributed by atoms with E-state index < -0.39 is 5.92 Å². The van der Waals surface area contributed by atoms with Gasteiger partial charge in [0, 0.05) is 18.8 Å². The summed E-state index contributed by atoms with van der Waals surface area (Å²) >= 11 is 0. The molecule has 0 amide bonds. The number of hydrogen-bond acceptors (Lipinski definition) is 1. The van der Waals surface area contributed by atoms with E-state index in [1.54, 1.807) is 0 Å². The molecule has 0 N–H and O–H groups in total. The molecule has 0 aromatic rings. The maximum absolute atomic E-state index is 12.7. The van der Waals surface area contributed by atoms with Gasteiger partial charge in [0.25, 0.3) is 0 Å². The third-order valence-corrected chi connectivity index (χ3v) is 2.67. The van der Waals surface area contributed by atoms with E-state index in [-0.39, 0.29) is 24.7 Å². The number of halogens is 2. The van der Waals surface area contributed by atoms with E-state index in [0.29, 0.717) is 12.8 Å². The number of hydrogen-bond donors (Lipinski definition) is 0. The van der Waals surface area contributed by atoms with Gasteiger partial charge < -0.3 is 0 Å². The SMILES string of the molecule is CC(C#N)C1CCC(F)(F)CC1. The second-order valence-electron chi connectivity index (χ2n) is 3.61. The maximum Gasteiger partial charge on any atom is 0.248 e. The van der Waals surface area contributed by atoms with Crippen molar-refractivity contribution in [3.63, 3.8) is 0 Å². The molecule has 0 radical (unpaired) electrons. The average Bonchev–Trinajstić information content (AvgIpc) is 2.03. The van der Waals surface area contributed by atoms with Crippen LogP contribution in [0.3, 0.4) is 0 Å². The first-order valence-electron chi connectivity index (χ1n) is 4.32. The number of nitrogens with zero attached hydrogens (tertiary/aromatic N) is 1. The van der Waals surface area contributed by atoms with E-state index in [1.807, 2.05) is 6.92 Å². The third-order valence-electron chi connectivity index (χ3n) is 2.67. The molecule has 1 aliphatic rings. The van der Waals surface area contributed by atoms with Crippen molar-refractivity contribution in [1.29, 1.82) is 5.26 Å². The van der Waals surface area contributed by atoms with Crippen LogP contribution in [0, 0.1) is 23.2 Å². The van der Waals surface area contributed by atoms with Gasteiger partial charge in [0.05, 0.1) is 6.07 Å². The largest absolute Gasteiger partial charge is 0.248 e. The summed E-state index contributed by atoms with van der Waals surface area (Å²) in [7, 11) is 0. The van der Waals surface area contributed by atoms with E-state index in [1.165, 1.54) is 0 Å². The fourth-order valence-electron chi connectivity index (χ4n) is 1.67. The van der Waals surface area contributed by atoms with Crippen LogP contribution in [-0.4, -0.2) is 5.92 Å². The highest BCUT2D eigenvalue weighted by atomic mass is 19.3. The number of alkyl halides is 2. The molecule has 68 valence electrons. The van der Waals surface area contributed by atoms with Crippen molar-refractivity contribution in [2.24, 2.45) is 11.8 Å². The molecule has 1 nitrogen and oxygen atoms in total. The lowest BCUT2D eigenvalue weighted by Crippen LogP contribution is -2.27. The van der Waals surface area contributed by atoms with Gasteiger partial charge in [-0.15, -0.1) is 0 Å². The van der Waals surface area contributed by atoms with Gasteiger partial charge in [-0.2, -0.15) is 5.26 Å². The molecule has 0 spiro atoms. The number of rotatable bonds is 1. The second kappa shape index (κ2) is 3.38. The van der Waals surface area contributed by atoms with Crippen LogP contribution >= 0.6 is 0 Å². The first kappa shape index (κ1) is 9.44. The van der Waals surface area contributed by atoms with Crippen LogP contribution in [-0.2, 0) is 0 Å². The molecule has 12 heavy (non-hydrogen) atoms. The van der Waals surface area contributed by atoms with E-state index in [0.717, 1.165) is 0 Å². The summed E-state index contributed by atoms with van der Waals surface area (Å²) in [4.78, 5) is 0. The molecule has 3 heteroatoms. The lowest BCUT2D eigenvalue weighted by Gasteiger charge is -2.29. The zero-order valence-corrected chi connectivity index (χ0v) is 7.19. The van der Waals surface area contributed by atoms with Crippen molar-refractivity contribution < 1.29 is 8.78 Å². The lowest BCUT2D eigenvalue weighted by molar-refractivity contribution is -0.0489. The minimum absolute atomic E-state index is 0.0380. The highest BCUT2D eigenvalue weighted by Crippen LogP contribution is 2.38. The molecule has 1 unspecified atom stereocenters. The van der Waals surface area contributed by atoms with E-state index >= 15 is 0 Å². The summed E-state index contributed by atoms with van der Waals surface area (Å²) in [6.45, 7) is 1.81. The average molecular weight is 173 g/mol. The Balaban J connectivity index is 2.42. The summed E-state index contributed by atoms with van der Waals surface area (Å²) < 4.78 is 25.3. The van der Waals surface area contributed by atoms with Crippen molar-refractivity contribution in [2.75, 3.05) is 0 Å². The summed E-state index contributed by atoms with van der Waals surface area (Å²) in [5, 5.41) is 8.58. The zero-order chi connectivity index (χ0) is 9.19. The van der Waals surface area contributed by atoms with Crippen LogP contribution in [0.2, 0.25) is 0 Å². The van der Waals surface area contributed by atoms with Crippen LogP contribution in [0.5, 0.6) is 0 Å². The molecule has 0 aromatic carbocycles. The quantitative estimate of drug-likeness (QED) is 0.598. The van der Waals surface area contributed by atoms with Gasteiger partial charge in [0.2, 0.25) is 5.92 Å². The van der Waals surface area contributed by atoms with Gasteiger partial charge in [0.1, 0.15) is 0 Å². The van der Waals surface area contributed by atoms with Gasteiger partial charge in [-0.05, 0) is 25.7 Å². The second-order valence-corrected chi connectivity index (χ2v) is 3.61. The van der Waals surface area contributed by atoms with E-state index in [2.05, 4.69) is 6.07 Å². The van der Waals surface area contributed by atoms with Crippen LogP contribution in [0.15, 0.2) is 0 Å². The summed E-state index contributed by atoms with van der Waals surface area (Å²) in [5.74, 6) is -2.35. The summed E-state index contributed by atoms with van der Waals surface area (Å²) in [6, 6.07) is 2.12. The fourth-order valence-corrected chi connectivity index (χ4v) is 1.67. The van der Waals surface area contributed by atoms with Crippen LogP contribution < -0.4 is 0 Å². The van der Waals surface area contributed by atoms with Crippen molar-refractivity contribution >= 4 is 0 Å². The molecule has 0 heterocycles. The lowest BCUT2D eigenvalue weighted by atomic mass is 9.80. The van der Waals surface area contributed by atoms with Gasteiger partial charge in [-0.1, -0.05) is 0 Å². The van der Waals surface area contributed by atoms with Gasteiger partial charge in [-0.3, -0.25) is 0 Å². The Morgan fingerprint density at radius 1 is 1.42 bits per heavy atom. The minimum atomic E-state index is -2.47. The molecule has 0 bridgehead atoms. The van der Waals surface area contributed by atoms with E-state index in [9.17, 15) is 8.78 Å². The predicted octanol–water partition coefficient (Wildman–Crippen LogP) is 2.97. The third kappa shape index (κ3) is 2.17. The first-order valence-corrected chi connectivity index (χ1v) is 4.32. The normalized spacial score (nSPS) is 26.2. The van der Waals surface area contributed by atoms with Crippen molar-refractivity contribution in [3.8, 4) is 6.07 Å². The molecule has 1 fully saturated rings. The maximum atomic E-state index is 12.7. The Labute approximate surface area is 71.4 Å². The molecule has 1 saturated carbocycles. The smallest absolute Gasteiger partial charge is 0.207 e. The monoisotopic (exact) mass is 173 g/mol. The summed E-state index contributed by atoms with van der Waals surface area (Å²) in [6.07, 6.45) is 0.927. The molecule has 1 rings (SSSR count). The zero-order valence-electron chi connectivity index (χ0n) is 7.19. The Hall–Kier alpha value is -0.650. The van der Waals surface area contributed by atoms with Crippen molar-refractivity contribution in [2.45, 2.75) is 38.5 Å². The van der Waals surface area contributed by atoms with Crippen molar-refractivity contribution in [3.05, 3.63) is 0 Å². The topological polar surface area (TPSA) is 23.8 Å². The van der Waals surface area contributed by atoms with Crippen LogP contribution in [0.25, 0.3) is 0 Å². The summed E-state index contributed by atoms with van der Waals surface area (Å²) in [5.41, 5.74) is 0. The fraction of sp³-hybridized carbons (Fsp3) is 0.889. The van der Waals surface area contributed by atoms with Gasteiger partial charge >= 0.3 is 0 Å². The molecule has 0 aromatic heterocycles. The molecule has 0 aliphatic heterocycles. The first-order chi connectivity index (χ1) is 5.55. The highest BCUT2D eigenvalue weighted by molar-refractivity contribution is 4.89. The molecule has 1 aliphatic carbocycles. The van der Waals surface area contributed by atoms with Crippen LogP contribution in [0.4, 0.5) is 8.78 Å². The molecule has 1 atom stereocenters. The van der Waals surface area contributed by atoms with Gasteiger partial charge in [0.15, 0.2) is 0 Å². The number of nitriles is 1. The van der Waals surface area contributed by atoms with Crippen LogP contribution in [0.1, 0.15) is 32.6 Å². The minimum Gasteiger partial charge on any atom is -0.207 e. The Bertz CT molecular complexity index is 185. The Kier molecular flexibility index (Phi) is 2.66. The molecular formula is C9H13F2N. The molecular weight excluding hydrogens is 160 g/mol. The standard InChI is InChI=1S/C9H13F2N/c1-7(6-12)8-2-4-9(10,11)5-3-8/h7-8H,2-5H2,1H3. The van der Waals surface area contributed by atoms with E-state index in [4.69, 9.17) is 5.26 Å².